The number of piperidine rings is 2. The Morgan fingerprint density at radius 1 is 1.17 bits per heavy atom. The number of rotatable bonds is 6. The molecule has 2 fully saturated rings. The highest BCUT2D eigenvalue weighted by molar-refractivity contribution is 5.91. The van der Waals surface area contributed by atoms with Crippen LogP contribution in [0.3, 0.4) is 0 Å². The van der Waals surface area contributed by atoms with Crippen LogP contribution in [0.4, 0.5) is 5.69 Å². The summed E-state index contributed by atoms with van der Waals surface area (Å²) in [6.45, 7) is 6.33. The topological polar surface area (TPSA) is 84.9 Å². The number of para-hydroxylation sites is 1. The zero-order chi connectivity index (χ0) is 20.6. The molecule has 2 saturated heterocycles. The first-order valence-corrected chi connectivity index (χ1v) is 10.5. The normalized spacial score (nSPS) is 20.8. The molecule has 1 aromatic rings. The standard InChI is InChI=1S/C22H32N4O3/c1-17(27)26-12-4-5-18(16-26)15-23-20-10-13-25(14-11-20)21-7-3-2-6-19(21)8-9-22(28)24-29/h2-3,6-9,18,20,23,29H,4-5,10-16H2,1H3,(H,24,28). The van der Waals surface area contributed by atoms with Crippen LogP contribution in [0.5, 0.6) is 0 Å². The van der Waals surface area contributed by atoms with Crippen LogP contribution in [0, 0.1) is 5.92 Å². The molecule has 0 aromatic heterocycles. The number of amides is 2. The van der Waals surface area contributed by atoms with Gasteiger partial charge in [-0.1, -0.05) is 18.2 Å². The molecule has 1 unspecified atom stereocenters. The summed E-state index contributed by atoms with van der Waals surface area (Å²) in [4.78, 5) is 27.2. The number of hydrogen-bond acceptors (Lipinski definition) is 5. The van der Waals surface area contributed by atoms with E-state index in [1.54, 1.807) is 18.5 Å². The molecule has 0 radical (unpaired) electrons. The van der Waals surface area contributed by atoms with Crippen molar-refractivity contribution in [2.45, 2.75) is 38.6 Å². The molecule has 1 atom stereocenters. The van der Waals surface area contributed by atoms with Gasteiger partial charge in [0.2, 0.25) is 5.91 Å². The van der Waals surface area contributed by atoms with Gasteiger partial charge >= 0.3 is 0 Å². The van der Waals surface area contributed by atoms with Crippen LogP contribution in [0.15, 0.2) is 30.3 Å². The van der Waals surface area contributed by atoms with Crippen molar-refractivity contribution >= 4 is 23.6 Å². The molecule has 2 heterocycles. The number of likely N-dealkylation sites (tertiary alicyclic amines) is 1. The molecular formula is C22H32N4O3. The predicted octanol–water partition coefficient (Wildman–Crippen LogP) is 2.02. The van der Waals surface area contributed by atoms with Crippen molar-refractivity contribution in [2.75, 3.05) is 37.6 Å². The summed E-state index contributed by atoms with van der Waals surface area (Å²) in [6, 6.07) is 8.50. The van der Waals surface area contributed by atoms with E-state index in [0.717, 1.165) is 63.2 Å². The molecule has 2 aliphatic rings. The third-order valence-electron chi connectivity index (χ3n) is 5.96. The van der Waals surface area contributed by atoms with Crippen LogP contribution in [0.25, 0.3) is 6.08 Å². The van der Waals surface area contributed by atoms with Gasteiger partial charge in [-0.05, 0) is 55.9 Å². The molecule has 0 bridgehead atoms. The van der Waals surface area contributed by atoms with Gasteiger partial charge in [0.25, 0.3) is 5.91 Å². The molecule has 2 aliphatic heterocycles. The van der Waals surface area contributed by atoms with Gasteiger partial charge in [-0.15, -0.1) is 0 Å². The Labute approximate surface area is 172 Å². The Kier molecular flexibility index (Phi) is 7.66. The lowest BCUT2D eigenvalue weighted by molar-refractivity contribution is -0.130. The number of nitrogens with zero attached hydrogens (tertiary/aromatic N) is 2. The second kappa shape index (κ2) is 10.4. The molecule has 2 amide bonds. The van der Waals surface area contributed by atoms with Crippen LogP contribution < -0.4 is 15.7 Å². The number of hydroxylamine groups is 1. The molecule has 7 nitrogen and oxygen atoms in total. The van der Waals surface area contributed by atoms with Crippen molar-refractivity contribution in [3.63, 3.8) is 0 Å². The third kappa shape index (κ3) is 6.05. The summed E-state index contributed by atoms with van der Waals surface area (Å²) < 4.78 is 0. The number of carbonyl (C=O) groups is 2. The molecule has 0 saturated carbocycles. The molecule has 3 rings (SSSR count). The molecule has 0 spiro atoms. The quantitative estimate of drug-likeness (QED) is 0.387. The fraction of sp³-hybridized carbons (Fsp3) is 0.545. The average molecular weight is 401 g/mol. The second-order valence-corrected chi connectivity index (χ2v) is 8.01. The summed E-state index contributed by atoms with van der Waals surface area (Å²) in [6.07, 6.45) is 7.49. The van der Waals surface area contributed by atoms with Crippen molar-refractivity contribution in [3.05, 3.63) is 35.9 Å². The number of hydrogen-bond donors (Lipinski definition) is 3. The predicted molar refractivity (Wildman–Crippen MR) is 114 cm³/mol. The fourth-order valence-electron chi connectivity index (χ4n) is 4.29. The molecule has 7 heteroatoms. The van der Waals surface area contributed by atoms with Gasteiger partial charge in [-0.2, -0.15) is 0 Å². The highest BCUT2D eigenvalue weighted by atomic mass is 16.5. The van der Waals surface area contributed by atoms with Gasteiger partial charge in [0, 0.05) is 50.9 Å². The Hall–Kier alpha value is -2.38. The fourth-order valence-corrected chi connectivity index (χ4v) is 4.29. The first-order chi connectivity index (χ1) is 14.1. The van der Waals surface area contributed by atoms with Gasteiger partial charge in [-0.25, -0.2) is 5.48 Å². The van der Waals surface area contributed by atoms with Crippen LogP contribution >= 0.6 is 0 Å². The molecule has 158 valence electrons. The van der Waals surface area contributed by atoms with Crippen molar-refractivity contribution in [3.8, 4) is 0 Å². The van der Waals surface area contributed by atoms with Crippen molar-refractivity contribution in [1.82, 2.24) is 15.7 Å². The molecule has 29 heavy (non-hydrogen) atoms. The van der Waals surface area contributed by atoms with E-state index in [2.05, 4.69) is 16.3 Å². The lowest BCUT2D eigenvalue weighted by Crippen LogP contribution is -2.47. The zero-order valence-electron chi connectivity index (χ0n) is 17.1. The second-order valence-electron chi connectivity index (χ2n) is 8.01. The van der Waals surface area contributed by atoms with Crippen LogP contribution in [-0.4, -0.2) is 60.7 Å². The number of nitrogens with one attached hydrogen (secondary N) is 2. The van der Waals surface area contributed by atoms with E-state index in [4.69, 9.17) is 5.21 Å². The average Bonchev–Trinajstić information content (AvgIpc) is 2.76. The lowest BCUT2D eigenvalue weighted by atomic mass is 9.96. The Morgan fingerprint density at radius 3 is 2.66 bits per heavy atom. The van der Waals surface area contributed by atoms with Crippen molar-refractivity contribution in [2.24, 2.45) is 5.92 Å². The summed E-state index contributed by atoms with van der Waals surface area (Å²) in [5.41, 5.74) is 3.70. The van der Waals surface area contributed by atoms with E-state index in [9.17, 15) is 9.59 Å². The lowest BCUT2D eigenvalue weighted by Gasteiger charge is -2.37. The van der Waals surface area contributed by atoms with E-state index in [-0.39, 0.29) is 5.91 Å². The van der Waals surface area contributed by atoms with Crippen molar-refractivity contribution < 1.29 is 14.8 Å². The molecule has 0 aliphatic carbocycles. The largest absolute Gasteiger partial charge is 0.371 e. The summed E-state index contributed by atoms with van der Waals surface area (Å²) >= 11 is 0. The van der Waals surface area contributed by atoms with E-state index >= 15 is 0 Å². The zero-order valence-corrected chi connectivity index (χ0v) is 17.1. The van der Waals surface area contributed by atoms with E-state index in [0.29, 0.717) is 12.0 Å². The van der Waals surface area contributed by atoms with Crippen LogP contribution in [0.2, 0.25) is 0 Å². The van der Waals surface area contributed by atoms with E-state index in [1.807, 2.05) is 23.1 Å². The maximum atomic E-state index is 11.6. The monoisotopic (exact) mass is 400 g/mol. The van der Waals surface area contributed by atoms with Crippen LogP contribution in [0.1, 0.15) is 38.2 Å². The molecule has 1 aromatic carbocycles. The maximum Gasteiger partial charge on any atom is 0.267 e. The smallest absolute Gasteiger partial charge is 0.267 e. The van der Waals surface area contributed by atoms with Gasteiger partial charge < -0.3 is 15.1 Å². The first kappa shape index (κ1) is 21.3. The molecule has 3 N–H and O–H groups in total. The minimum atomic E-state index is -0.534. The maximum absolute atomic E-state index is 11.6. The minimum absolute atomic E-state index is 0.187. The van der Waals surface area contributed by atoms with Crippen molar-refractivity contribution in [1.29, 1.82) is 0 Å². The van der Waals surface area contributed by atoms with Gasteiger partial charge in [-0.3, -0.25) is 14.8 Å². The first-order valence-electron chi connectivity index (χ1n) is 10.5. The summed E-state index contributed by atoms with van der Waals surface area (Å²) in [5.74, 6) is 0.204. The minimum Gasteiger partial charge on any atom is -0.371 e. The van der Waals surface area contributed by atoms with Gasteiger partial charge in [0.15, 0.2) is 0 Å². The third-order valence-corrected chi connectivity index (χ3v) is 5.96. The number of benzene rings is 1. The summed E-state index contributed by atoms with van der Waals surface area (Å²) in [7, 11) is 0. The number of anilines is 1. The molecular weight excluding hydrogens is 368 g/mol. The highest BCUT2D eigenvalue weighted by Gasteiger charge is 2.24. The van der Waals surface area contributed by atoms with Gasteiger partial charge in [0.05, 0.1) is 0 Å². The number of carbonyl (C=O) groups excluding carboxylic acids is 2. The van der Waals surface area contributed by atoms with E-state index < -0.39 is 5.91 Å². The summed E-state index contributed by atoms with van der Waals surface area (Å²) in [5, 5.41) is 12.4. The Bertz CT molecular complexity index is 729. The van der Waals surface area contributed by atoms with Gasteiger partial charge in [0.1, 0.15) is 0 Å². The SMILES string of the molecule is CC(=O)N1CCCC(CNC2CCN(c3ccccc3C=CC(=O)NO)CC2)C1. The highest BCUT2D eigenvalue weighted by Crippen LogP contribution is 2.25. The Morgan fingerprint density at radius 2 is 1.93 bits per heavy atom. The van der Waals surface area contributed by atoms with Crippen LogP contribution in [-0.2, 0) is 9.59 Å². The Balaban J connectivity index is 1.49. The van der Waals surface area contributed by atoms with E-state index in [1.165, 1.54) is 12.5 Å².